The van der Waals surface area contributed by atoms with E-state index in [9.17, 15) is 27.2 Å². The summed E-state index contributed by atoms with van der Waals surface area (Å²) in [5, 5.41) is 14.2. The maximum atomic E-state index is 13.1. The van der Waals surface area contributed by atoms with E-state index < -0.39 is 23.9 Å². The highest BCUT2D eigenvalue weighted by molar-refractivity contribution is 5.92. The van der Waals surface area contributed by atoms with Gasteiger partial charge in [-0.3, -0.25) is 14.3 Å². The number of carbonyl (C=O) groups is 3. The summed E-state index contributed by atoms with van der Waals surface area (Å²) in [5.41, 5.74) is 0.819. The average Bonchev–Trinajstić information content (AvgIpc) is 3.29. The van der Waals surface area contributed by atoms with Crippen LogP contribution in [0.15, 0.2) is 36.5 Å². The van der Waals surface area contributed by atoms with Crippen molar-refractivity contribution in [2.45, 2.75) is 37.3 Å². The molecule has 2 fully saturated rings. The molecular weight excluding hydrogens is 514 g/mol. The van der Waals surface area contributed by atoms with Gasteiger partial charge < -0.3 is 25.0 Å². The lowest BCUT2D eigenvalue weighted by atomic mass is 9.88. The number of aliphatic carboxylic acids is 1. The standard InChI is InChI=1S/C22H28FN5O3.C2HF3O2/c1-26-14-19(20(29)24-13-16-3-5-17(23)6-4-16)31-22(15-26)8-11-28(12-9-22)21(30)18-7-10-27(2)25-18;3-2(4,5)1(6)7/h3-7,10,19H,8-9,11-15H2,1-2H3,(H,24,29);(H,6,7). The van der Waals surface area contributed by atoms with E-state index in [0.29, 0.717) is 44.7 Å². The van der Waals surface area contributed by atoms with Crippen LogP contribution in [0.2, 0.25) is 0 Å². The highest BCUT2D eigenvalue weighted by Gasteiger charge is 2.45. The SMILES string of the molecule is CN1CC(C(=O)NCc2ccc(F)cc2)OC2(CCN(C(=O)c3ccn(C)n3)CC2)C1.O=C(O)C(F)(F)F. The van der Waals surface area contributed by atoms with Crippen LogP contribution in [0.4, 0.5) is 17.6 Å². The largest absolute Gasteiger partial charge is 0.490 e. The molecule has 2 saturated heterocycles. The smallest absolute Gasteiger partial charge is 0.475 e. The lowest BCUT2D eigenvalue weighted by Crippen LogP contribution is -2.61. The van der Waals surface area contributed by atoms with Crippen molar-refractivity contribution >= 4 is 17.8 Å². The summed E-state index contributed by atoms with van der Waals surface area (Å²) >= 11 is 0. The molecule has 1 aromatic carbocycles. The van der Waals surface area contributed by atoms with Crippen molar-refractivity contribution < 1.29 is 41.8 Å². The Balaban J connectivity index is 0.000000505. The number of likely N-dealkylation sites (N-methyl/N-ethyl adjacent to an activating group) is 1. The van der Waals surface area contributed by atoms with Gasteiger partial charge >= 0.3 is 12.1 Å². The van der Waals surface area contributed by atoms with Crippen LogP contribution in [-0.2, 0) is 27.9 Å². The molecule has 2 aromatic rings. The summed E-state index contributed by atoms with van der Waals surface area (Å²) in [5.74, 6) is -3.31. The number of aromatic nitrogens is 2. The summed E-state index contributed by atoms with van der Waals surface area (Å²) in [7, 11) is 3.77. The number of rotatable bonds is 4. The van der Waals surface area contributed by atoms with E-state index in [4.69, 9.17) is 14.6 Å². The first-order valence-corrected chi connectivity index (χ1v) is 11.8. The molecular formula is C24H29F4N5O5. The highest BCUT2D eigenvalue weighted by atomic mass is 19.4. The summed E-state index contributed by atoms with van der Waals surface area (Å²) in [6, 6.07) is 7.78. The minimum Gasteiger partial charge on any atom is -0.475 e. The molecule has 14 heteroatoms. The number of carboxylic acids is 1. The third-order valence-electron chi connectivity index (χ3n) is 6.24. The molecule has 2 aliphatic heterocycles. The maximum absolute atomic E-state index is 13.1. The van der Waals surface area contributed by atoms with Crippen LogP contribution >= 0.6 is 0 Å². The number of likely N-dealkylation sites (tertiary alicyclic amines) is 1. The zero-order valence-electron chi connectivity index (χ0n) is 20.9. The number of hydrogen-bond donors (Lipinski definition) is 2. The van der Waals surface area contributed by atoms with Crippen LogP contribution in [0.1, 0.15) is 28.9 Å². The molecule has 1 unspecified atom stereocenters. The molecule has 0 bridgehead atoms. The molecule has 3 heterocycles. The quantitative estimate of drug-likeness (QED) is 0.565. The molecule has 208 valence electrons. The molecule has 1 atom stereocenters. The minimum absolute atomic E-state index is 0.0757. The van der Waals surface area contributed by atoms with E-state index in [2.05, 4.69) is 15.3 Å². The first kappa shape index (κ1) is 29.0. The summed E-state index contributed by atoms with van der Waals surface area (Å²) in [6.07, 6.45) is -2.58. The molecule has 0 saturated carbocycles. The zero-order valence-corrected chi connectivity index (χ0v) is 20.9. The van der Waals surface area contributed by atoms with Crippen LogP contribution in [0.25, 0.3) is 0 Å². The van der Waals surface area contributed by atoms with Gasteiger partial charge in [-0.05, 0) is 43.7 Å². The fourth-order valence-electron chi connectivity index (χ4n) is 4.34. The van der Waals surface area contributed by atoms with Gasteiger partial charge in [0.2, 0.25) is 0 Å². The van der Waals surface area contributed by atoms with Crippen molar-refractivity contribution in [3.05, 3.63) is 53.6 Å². The van der Waals surface area contributed by atoms with Crippen molar-refractivity contribution in [3.63, 3.8) is 0 Å². The fraction of sp³-hybridized carbons (Fsp3) is 0.500. The molecule has 0 radical (unpaired) electrons. The number of amides is 2. The number of nitrogens with zero attached hydrogens (tertiary/aromatic N) is 4. The second-order valence-corrected chi connectivity index (χ2v) is 9.30. The average molecular weight is 544 g/mol. The summed E-state index contributed by atoms with van der Waals surface area (Å²) in [6.45, 7) is 2.68. The van der Waals surface area contributed by atoms with Crippen LogP contribution in [0, 0.1) is 5.82 Å². The zero-order chi connectivity index (χ0) is 28.1. The fourth-order valence-corrected chi connectivity index (χ4v) is 4.34. The van der Waals surface area contributed by atoms with E-state index in [1.807, 2.05) is 7.05 Å². The van der Waals surface area contributed by atoms with Gasteiger partial charge in [0, 0.05) is 46.0 Å². The Labute approximate surface area is 216 Å². The number of alkyl halides is 3. The predicted octanol–water partition coefficient (Wildman–Crippen LogP) is 1.81. The second kappa shape index (κ2) is 11.9. The van der Waals surface area contributed by atoms with E-state index in [1.54, 1.807) is 41.0 Å². The topological polar surface area (TPSA) is 117 Å². The number of halogens is 4. The van der Waals surface area contributed by atoms with Gasteiger partial charge in [0.25, 0.3) is 11.8 Å². The van der Waals surface area contributed by atoms with Crippen LogP contribution in [-0.4, -0.2) is 93.6 Å². The van der Waals surface area contributed by atoms with Gasteiger partial charge in [0.1, 0.15) is 17.6 Å². The third-order valence-corrected chi connectivity index (χ3v) is 6.24. The number of hydrogen-bond acceptors (Lipinski definition) is 6. The van der Waals surface area contributed by atoms with Crippen molar-refractivity contribution in [2.24, 2.45) is 7.05 Å². The molecule has 2 aliphatic rings. The molecule has 0 aliphatic carbocycles. The number of carbonyl (C=O) groups excluding carboxylic acids is 2. The van der Waals surface area contributed by atoms with Crippen molar-refractivity contribution in [1.82, 2.24) is 24.9 Å². The predicted molar refractivity (Wildman–Crippen MR) is 125 cm³/mol. The Hall–Kier alpha value is -3.52. The second-order valence-electron chi connectivity index (χ2n) is 9.30. The van der Waals surface area contributed by atoms with Crippen molar-refractivity contribution in [3.8, 4) is 0 Å². The lowest BCUT2D eigenvalue weighted by Gasteiger charge is -2.48. The minimum atomic E-state index is -5.08. The Morgan fingerprint density at radius 1 is 1.13 bits per heavy atom. The molecule has 2 N–H and O–H groups in total. The molecule has 10 nitrogen and oxygen atoms in total. The Kier molecular flexibility index (Phi) is 9.09. The monoisotopic (exact) mass is 543 g/mol. The van der Waals surface area contributed by atoms with Gasteiger partial charge in [-0.2, -0.15) is 18.3 Å². The Morgan fingerprint density at radius 2 is 1.74 bits per heavy atom. The summed E-state index contributed by atoms with van der Waals surface area (Å²) in [4.78, 5) is 38.2. The number of morpholine rings is 1. The van der Waals surface area contributed by atoms with Gasteiger partial charge in [0.05, 0.1) is 5.60 Å². The van der Waals surface area contributed by atoms with E-state index >= 15 is 0 Å². The van der Waals surface area contributed by atoms with Crippen molar-refractivity contribution in [2.75, 3.05) is 33.2 Å². The van der Waals surface area contributed by atoms with Gasteiger partial charge in [-0.1, -0.05) is 12.1 Å². The first-order chi connectivity index (χ1) is 17.8. The number of nitrogens with one attached hydrogen (secondary N) is 1. The molecule has 2 amide bonds. The number of piperidine rings is 1. The molecule has 1 spiro atoms. The van der Waals surface area contributed by atoms with Gasteiger partial charge in [-0.25, -0.2) is 9.18 Å². The van der Waals surface area contributed by atoms with E-state index in [1.165, 1.54) is 12.1 Å². The van der Waals surface area contributed by atoms with Crippen molar-refractivity contribution in [1.29, 1.82) is 0 Å². The number of ether oxygens (including phenoxy) is 1. The van der Waals surface area contributed by atoms with E-state index in [-0.39, 0.29) is 17.6 Å². The van der Waals surface area contributed by atoms with Crippen LogP contribution in [0.3, 0.4) is 0 Å². The Bertz CT molecular complexity index is 1130. The lowest BCUT2D eigenvalue weighted by molar-refractivity contribution is -0.192. The van der Waals surface area contributed by atoms with E-state index in [0.717, 1.165) is 12.1 Å². The molecule has 38 heavy (non-hydrogen) atoms. The number of carboxylic acid groups (broad SMARTS) is 1. The van der Waals surface area contributed by atoms with Crippen LogP contribution in [0.5, 0.6) is 0 Å². The van der Waals surface area contributed by atoms with Gasteiger partial charge in [-0.15, -0.1) is 0 Å². The number of benzene rings is 1. The third kappa shape index (κ3) is 7.74. The number of aryl methyl sites for hydroxylation is 1. The first-order valence-electron chi connectivity index (χ1n) is 11.8. The Morgan fingerprint density at radius 3 is 2.26 bits per heavy atom. The normalized spacial score (nSPS) is 19.4. The maximum Gasteiger partial charge on any atom is 0.490 e. The van der Waals surface area contributed by atoms with Gasteiger partial charge in [0.15, 0.2) is 0 Å². The molecule has 4 rings (SSSR count). The summed E-state index contributed by atoms with van der Waals surface area (Å²) < 4.78 is 52.7. The highest BCUT2D eigenvalue weighted by Crippen LogP contribution is 2.32. The molecule has 1 aromatic heterocycles. The van der Waals surface area contributed by atoms with Crippen LogP contribution < -0.4 is 5.32 Å².